The SMILES string of the molecule is CCNc1nnc(CCc2ccco2)n1CC. The van der Waals surface area contributed by atoms with Gasteiger partial charge in [-0.15, -0.1) is 10.2 Å². The predicted molar refractivity (Wildman–Crippen MR) is 66.0 cm³/mol. The molecule has 0 fully saturated rings. The zero-order valence-electron chi connectivity index (χ0n) is 10.3. The molecule has 0 unspecified atom stereocenters. The third kappa shape index (κ3) is 2.67. The van der Waals surface area contributed by atoms with E-state index in [4.69, 9.17) is 4.42 Å². The average Bonchev–Trinajstić information content (AvgIpc) is 2.95. The van der Waals surface area contributed by atoms with Gasteiger partial charge in [-0.2, -0.15) is 0 Å². The van der Waals surface area contributed by atoms with Crippen molar-refractivity contribution in [1.82, 2.24) is 14.8 Å². The molecule has 2 rings (SSSR count). The Labute approximate surface area is 101 Å². The Hall–Kier alpha value is -1.78. The number of aromatic nitrogens is 3. The third-order valence-corrected chi connectivity index (χ3v) is 2.65. The van der Waals surface area contributed by atoms with Crippen molar-refractivity contribution in [1.29, 1.82) is 0 Å². The van der Waals surface area contributed by atoms with Gasteiger partial charge in [-0.25, -0.2) is 0 Å². The van der Waals surface area contributed by atoms with E-state index < -0.39 is 0 Å². The van der Waals surface area contributed by atoms with Crippen molar-refractivity contribution in [3.63, 3.8) is 0 Å². The molecule has 17 heavy (non-hydrogen) atoms. The van der Waals surface area contributed by atoms with Crippen LogP contribution in [0.4, 0.5) is 5.95 Å². The molecule has 0 amide bonds. The van der Waals surface area contributed by atoms with Crippen LogP contribution in [0.25, 0.3) is 0 Å². The van der Waals surface area contributed by atoms with E-state index in [-0.39, 0.29) is 0 Å². The van der Waals surface area contributed by atoms with Crippen molar-refractivity contribution < 1.29 is 4.42 Å². The van der Waals surface area contributed by atoms with Crippen molar-refractivity contribution in [2.45, 2.75) is 33.2 Å². The highest BCUT2D eigenvalue weighted by atomic mass is 16.3. The molecule has 0 aliphatic heterocycles. The first-order valence-electron chi connectivity index (χ1n) is 6.03. The van der Waals surface area contributed by atoms with E-state index in [9.17, 15) is 0 Å². The van der Waals surface area contributed by atoms with Crippen molar-refractivity contribution in [2.75, 3.05) is 11.9 Å². The molecule has 5 nitrogen and oxygen atoms in total. The fraction of sp³-hybridized carbons (Fsp3) is 0.500. The molecule has 0 aliphatic carbocycles. The van der Waals surface area contributed by atoms with Gasteiger partial charge in [0.1, 0.15) is 11.6 Å². The summed E-state index contributed by atoms with van der Waals surface area (Å²) in [5.41, 5.74) is 0. The first-order chi connectivity index (χ1) is 8.35. The lowest BCUT2D eigenvalue weighted by molar-refractivity contribution is 0.503. The minimum Gasteiger partial charge on any atom is -0.469 e. The lowest BCUT2D eigenvalue weighted by Gasteiger charge is -2.07. The molecule has 92 valence electrons. The molecule has 0 bridgehead atoms. The Morgan fingerprint density at radius 1 is 1.29 bits per heavy atom. The summed E-state index contributed by atoms with van der Waals surface area (Å²) in [6.07, 6.45) is 3.40. The quantitative estimate of drug-likeness (QED) is 0.831. The minimum absolute atomic E-state index is 0.847. The van der Waals surface area contributed by atoms with Crippen molar-refractivity contribution in [3.05, 3.63) is 30.0 Å². The van der Waals surface area contributed by atoms with Crippen LogP contribution < -0.4 is 5.32 Å². The monoisotopic (exact) mass is 234 g/mol. The summed E-state index contributed by atoms with van der Waals surface area (Å²) in [4.78, 5) is 0. The summed E-state index contributed by atoms with van der Waals surface area (Å²) < 4.78 is 7.41. The van der Waals surface area contributed by atoms with Crippen LogP contribution in [-0.2, 0) is 19.4 Å². The second-order valence-electron chi connectivity index (χ2n) is 3.79. The second-order valence-corrected chi connectivity index (χ2v) is 3.79. The van der Waals surface area contributed by atoms with Gasteiger partial charge in [0.2, 0.25) is 5.95 Å². The summed E-state index contributed by atoms with van der Waals surface area (Å²) in [5, 5.41) is 11.6. The molecular weight excluding hydrogens is 216 g/mol. The first kappa shape index (κ1) is 11.7. The van der Waals surface area contributed by atoms with Crippen LogP contribution in [0.3, 0.4) is 0 Å². The molecule has 0 spiro atoms. The molecule has 2 heterocycles. The van der Waals surface area contributed by atoms with Gasteiger partial charge in [-0.3, -0.25) is 4.57 Å². The number of aryl methyl sites for hydroxylation is 2. The Bertz CT molecular complexity index is 447. The first-order valence-corrected chi connectivity index (χ1v) is 6.03. The molecule has 0 radical (unpaired) electrons. The van der Waals surface area contributed by atoms with Crippen LogP contribution in [0.15, 0.2) is 22.8 Å². The van der Waals surface area contributed by atoms with E-state index in [0.717, 1.165) is 43.5 Å². The zero-order chi connectivity index (χ0) is 12.1. The highest BCUT2D eigenvalue weighted by Gasteiger charge is 2.10. The number of hydrogen-bond donors (Lipinski definition) is 1. The molecular formula is C12H18N4O. The maximum Gasteiger partial charge on any atom is 0.224 e. The standard InChI is InChI=1S/C12H18N4O/c1-3-13-12-15-14-11(16(12)4-2)8-7-10-6-5-9-17-10/h5-6,9H,3-4,7-8H2,1-2H3,(H,13,15). The van der Waals surface area contributed by atoms with Gasteiger partial charge in [-0.05, 0) is 26.0 Å². The van der Waals surface area contributed by atoms with E-state index in [2.05, 4.69) is 33.9 Å². The highest BCUT2D eigenvalue weighted by Crippen LogP contribution is 2.11. The summed E-state index contributed by atoms with van der Waals surface area (Å²) in [6, 6.07) is 3.89. The molecule has 2 aromatic heterocycles. The maximum absolute atomic E-state index is 5.31. The van der Waals surface area contributed by atoms with Gasteiger partial charge in [0, 0.05) is 25.9 Å². The van der Waals surface area contributed by atoms with Crippen molar-refractivity contribution >= 4 is 5.95 Å². The Morgan fingerprint density at radius 2 is 2.18 bits per heavy atom. The minimum atomic E-state index is 0.847. The van der Waals surface area contributed by atoms with Gasteiger partial charge in [0.15, 0.2) is 0 Å². The second kappa shape index (κ2) is 5.52. The topological polar surface area (TPSA) is 55.9 Å². The van der Waals surface area contributed by atoms with Crippen LogP contribution in [0.5, 0.6) is 0 Å². The van der Waals surface area contributed by atoms with E-state index in [0.29, 0.717) is 0 Å². The van der Waals surface area contributed by atoms with Crippen molar-refractivity contribution in [2.24, 2.45) is 0 Å². The Morgan fingerprint density at radius 3 is 2.82 bits per heavy atom. The van der Waals surface area contributed by atoms with Gasteiger partial charge < -0.3 is 9.73 Å². The smallest absolute Gasteiger partial charge is 0.224 e. The summed E-state index contributed by atoms with van der Waals surface area (Å²) in [6.45, 7) is 5.89. The van der Waals surface area contributed by atoms with Crippen molar-refractivity contribution in [3.8, 4) is 0 Å². The van der Waals surface area contributed by atoms with E-state index >= 15 is 0 Å². The van der Waals surface area contributed by atoms with Gasteiger partial charge >= 0.3 is 0 Å². The summed E-state index contributed by atoms with van der Waals surface area (Å²) in [5.74, 6) is 2.84. The number of furan rings is 1. The van der Waals surface area contributed by atoms with E-state index in [1.54, 1.807) is 6.26 Å². The van der Waals surface area contributed by atoms with Gasteiger partial charge in [-0.1, -0.05) is 0 Å². The van der Waals surface area contributed by atoms with Crippen LogP contribution in [0.2, 0.25) is 0 Å². The number of nitrogens with one attached hydrogen (secondary N) is 1. The third-order valence-electron chi connectivity index (χ3n) is 2.65. The van der Waals surface area contributed by atoms with Gasteiger partial charge in [0.05, 0.1) is 6.26 Å². The average molecular weight is 234 g/mol. The largest absolute Gasteiger partial charge is 0.469 e. The molecule has 1 N–H and O–H groups in total. The molecule has 2 aromatic rings. The molecule has 0 aromatic carbocycles. The number of anilines is 1. The van der Waals surface area contributed by atoms with Crippen LogP contribution in [0, 0.1) is 0 Å². The lowest BCUT2D eigenvalue weighted by Crippen LogP contribution is -2.09. The Balaban J connectivity index is 2.05. The van der Waals surface area contributed by atoms with E-state index in [1.807, 2.05) is 12.1 Å². The fourth-order valence-electron chi connectivity index (χ4n) is 1.83. The zero-order valence-corrected chi connectivity index (χ0v) is 10.3. The van der Waals surface area contributed by atoms with Crippen LogP contribution in [-0.4, -0.2) is 21.3 Å². The Kier molecular flexibility index (Phi) is 3.80. The normalized spacial score (nSPS) is 10.7. The molecule has 0 saturated heterocycles. The maximum atomic E-state index is 5.31. The number of hydrogen-bond acceptors (Lipinski definition) is 4. The number of rotatable bonds is 6. The summed E-state index contributed by atoms with van der Waals surface area (Å²) >= 11 is 0. The van der Waals surface area contributed by atoms with Gasteiger partial charge in [0.25, 0.3) is 0 Å². The highest BCUT2D eigenvalue weighted by molar-refractivity contribution is 5.25. The van der Waals surface area contributed by atoms with Crippen LogP contribution >= 0.6 is 0 Å². The lowest BCUT2D eigenvalue weighted by atomic mass is 10.2. The molecule has 5 heteroatoms. The molecule has 0 atom stereocenters. The number of nitrogens with zero attached hydrogens (tertiary/aromatic N) is 3. The van der Waals surface area contributed by atoms with E-state index in [1.165, 1.54) is 0 Å². The molecule has 0 saturated carbocycles. The fourth-order valence-corrected chi connectivity index (χ4v) is 1.83. The molecule has 0 aliphatic rings. The predicted octanol–water partition coefficient (Wildman–Crippen LogP) is 2.11. The van der Waals surface area contributed by atoms with Crippen LogP contribution in [0.1, 0.15) is 25.4 Å². The summed E-state index contributed by atoms with van der Waals surface area (Å²) in [7, 11) is 0.